The molecule has 0 aliphatic carbocycles. The number of methoxy groups -OCH3 is 2. The average molecular weight is 345 g/mol. The number of anilines is 1. The molecular weight excluding hydrogens is 318 g/mol. The Balaban J connectivity index is 1.96. The van der Waals surface area contributed by atoms with Crippen molar-refractivity contribution >= 4 is 11.6 Å². The minimum Gasteiger partial charge on any atom is -0.493 e. The highest BCUT2D eigenvalue weighted by atomic mass is 16.5. The number of rotatable bonds is 8. The molecule has 3 N–H and O–H groups in total. The molecule has 0 atom stereocenters. The molecule has 0 aliphatic heterocycles. The topological polar surface area (TPSA) is 83.6 Å². The van der Waals surface area contributed by atoms with Gasteiger partial charge in [0.1, 0.15) is 0 Å². The van der Waals surface area contributed by atoms with E-state index in [1.54, 1.807) is 14.2 Å². The number of aliphatic imine (C=N–C) groups is 1. The minimum absolute atomic E-state index is 0.679. The van der Waals surface area contributed by atoms with Gasteiger partial charge in [-0.15, -0.1) is 0 Å². The first-order valence-corrected chi connectivity index (χ1v) is 8.44. The zero-order chi connectivity index (χ0) is 18.1. The number of aromatic nitrogens is 2. The molecule has 0 saturated carbocycles. The zero-order valence-corrected chi connectivity index (χ0v) is 15.3. The van der Waals surface area contributed by atoms with E-state index in [-0.39, 0.29) is 0 Å². The lowest BCUT2D eigenvalue weighted by molar-refractivity contribution is 0.355. The molecule has 0 fully saturated rings. The van der Waals surface area contributed by atoms with Crippen LogP contribution in [-0.4, -0.2) is 43.5 Å². The predicted molar refractivity (Wildman–Crippen MR) is 101 cm³/mol. The lowest BCUT2D eigenvalue weighted by atomic mass is 10.1. The lowest BCUT2D eigenvalue weighted by Crippen LogP contribution is -2.30. The number of hydrogen-bond acceptors (Lipinski definition) is 4. The first-order chi connectivity index (χ1) is 12.2. The third-order valence-corrected chi connectivity index (χ3v) is 3.80. The number of benzene rings is 1. The largest absolute Gasteiger partial charge is 0.493 e. The van der Waals surface area contributed by atoms with E-state index in [1.807, 2.05) is 38.2 Å². The van der Waals surface area contributed by atoms with Crippen molar-refractivity contribution in [3.63, 3.8) is 0 Å². The van der Waals surface area contributed by atoms with Gasteiger partial charge in [-0.1, -0.05) is 0 Å². The van der Waals surface area contributed by atoms with Crippen LogP contribution in [0.1, 0.15) is 24.6 Å². The molecule has 2 aromatic rings. The number of aryl methyl sites for hydroxylation is 2. The number of H-pyrrole nitrogens is 1. The summed E-state index contributed by atoms with van der Waals surface area (Å²) in [7, 11) is 3.25. The van der Waals surface area contributed by atoms with E-state index in [2.05, 4.69) is 25.8 Å². The van der Waals surface area contributed by atoms with Crippen LogP contribution in [0.5, 0.6) is 11.5 Å². The highest BCUT2D eigenvalue weighted by Crippen LogP contribution is 2.29. The Morgan fingerprint density at radius 1 is 1.24 bits per heavy atom. The Bertz CT molecular complexity index is 697. The van der Waals surface area contributed by atoms with Crippen molar-refractivity contribution in [1.29, 1.82) is 0 Å². The summed E-state index contributed by atoms with van der Waals surface area (Å²) in [6, 6.07) is 5.69. The van der Waals surface area contributed by atoms with Crippen molar-refractivity contribution in [2.24, 2.45) is 4.99 Å². The van der Waals surface area contributed by atoms with Crippen LogP contribution in [0.3, 0.4) is 0 Å². The van der Waals surface area contributed by atoms with Gasteiger partial charge in [-0.05, 0) is 44.4 Å². The summed E-state index contributed by atoms with van der Waals surface area (Å²) < 4.78 is 10.6. The van der Waals surface area contributed by atoms with Gasteiger partial charge in [-0.25, -0.2) is 0 Å². The number of aromatic amines is 1. The van der Waals surface area contributed by atoms with Crippen molar-refractivity contribution in [1.82, 2.24) is 15.5 Å². The molecule has 7 heteroatoms. The van der Waals surface area contributed by atoms with Crippen LogP contribution in [0.15, 0.2) is 29.4 Å². The Kier molecular flexibility index (Phi) is 7.13. The average Bonchev–Trinajstić information content (AvgIpc) is 3.03. The minimum atomic E-state index is 0.679. The number of guanidine groups is 1. The summed E-state index contributed by atoms with van der Waals surface area (Å²) in [6.07, 6.45) is 3.80. The van der Waals surface area contributed by atoms with Crippen molar-refractivity contribution < 1.29 is 9.47 Å². The summed E-state index contributed by atoms with van der Waals surface area (Å²) in [5, 5.41) is 13.5. The van der Waals surface area contributed by atoms with Crippen LogP contribution in [0, 0.1) is 6.92 Å². The second kappa shape index (κ2) is 9.56. The van der Waals surface area contributed by atoms with E-state index < -0.39 is 0 Å². The maximum absolute atomic E-state index is 5.34. The van der Waals surface area contributed by atoms with Gasteiger partial charge in [-0.2, -0.15) is 5.10 Å². The second-order valence-corrected chi connectivity index (χ2v) is 5.58. The van der Waals surface area contributed by atoms with Crippen molar-refractivity contribution in [2.45, 2.75) is 26.7 Å². The first-order valence-electron chi connectivity index (χ1n) is 8.44. The van der Waals surface area contributed by atoms with Crippen LogP contribution in [0.25, 0.3) is 0 Å². The van der Waals surface area contributed by atoms with E-state index in [4.69, 9.17) is 9.47 Å². The molecule has 1 heterocycles. The first kappa shape index (κ1) is 18.6. The molecular formula is C18H27N5O2. The molecule has 136 valence electrons. The number of nitrogens with one attached hydrogen (secondary N) is 3. The monoisotopic (exact) mass is 345 g/mol. The van der Waals surface area contributed by atoms with Crippen LogP contribution < -0.4 is 20.1 Å². The molecule has 0 aliphatic rings. The molecule has 0 amide bonds. The Morgan fingerprint density at radius 2 is 2.04 bits per heavy atom. The fraction of sp³-hybridized carbons (Fsp3) is 0.444. The molecule has 2 rings (SSSR count). The molecule has 1 aromatic heterocycles. The van der Waals surface area contributed by atoms with Gasteiger partial charge < -0.3 is 20.1 Å². The normalized spacial score (nSPS) is 11.3. The van der Waals surface area contributed by atoms with Crippen LogP contribution >= 0.6 is 0 Å². The van der Waals surface area contributed by atoms with Gasteiger partial charge in [0, 0.05) is 30.5 Å². The number of hydrogen-bond donors (Lipinski definition) is 3. The van der Waals surface area contributed by atoms with E-state index in [9.17, 15) is 0 Å². The fourth-order valence-electron chi connectivity index (χ4n) is 2.45. The van der Waals surface area contributed by atoms with Crippen LogP contribution in [-0.2, 0) is 6.42 Å². The highest BCUT2D eigenvalue weighted by molar-refractivity contribution is 5.93. The quantitative estimate of drug-likeness (QED) is 0.389. The molecule has 0 saturated heterocycles. The molecule has 25 heavy (non-hydrogen) atoms. The van der Waals surface area contributed by atoms with E-state index >= 15 is 0 Å². The third kappa shape index (κ3) is 5.41. The van der Waals surface area contributed by atoms with Gasteiger partial charge in [0.25, 0.3) is 0 Å². The Labute approximate surface area is 148 Å². The van der Waals surface area contributed by atoms with Gasteiger partial charge in [0.15, 0.2) is 17.5 Å². The molecule has 1 aromatic carbocycles. The smallest absolute Gasteiger partial charge is 0.195 e. The maximum Gasteiger partial charge on any atom is 0.195 e. The van der Waals surface area contributed by atoms with Crippen molar-refractivity contribution in [2.75, 3.05) is 32.6 Å². The van der Waals surface area contributed by atoms with Gasteiger partial charge >= 0.3 is 0 Å². The molecule has 7 nitrogen and oxygen atoms in total. The van der Waals surface area contributed by atoms with Gasteiger partial charge in [0.05, 0.1) is 20.4 Å². The number of nitrogens with zero attached hydrogens (tertiary/aromatic N) is 2. The summed E-state index contributed by atoms with van der Waals surface area (Å²) in [5.41, 5.74) is 3.26. The number of ether oxygens (including phenoxy) is 2. The lowest BCUT2D eigenvalue weighted by Gasteiger charge is -2.13. The molecule has 0 bridgehead atoms. The highest BCUT2D eigenvalue weighted by Gasteiger charge is 2.06. The molecule has 0 spiro atoms. The van der Waals surface area contributed by atoms with Crippen LogP contribution in [0.4, 0.5) is 5.69 Å². The van der Waals surface area contributed by atoms with Crippen LogP contribution in [0.2, 0.25) is 0 Å². The summed E-state index contributed by atoms with van der Waals surface area (Å²) in [5.74, 6) is 2.13. The fourth-order valence-corrected chi connectivity index (χ4v) is 2.45. The van der Waals surface area contributed by atoms with Crippen molar-refractivity contribution in [3.05, 3.63) is 35.7 Å². The Morgan fingerprint density at radius 3 is 2.68 bits per heavy atom. The maximum atomic E-state index is 5.34. The van der Waals surface area contributed by atoms with E-state index in [0.29, 0.717) is 11.5 Å². The summed E-state index contributed by atoms with van der Waals surface area (Å²) in [4.78, 5) is 4.63. The zero-order valence-electron chi connectivity index (χ0n) is 15.3. The van der Waals surface area contributed by atoms with Crippen molar-refractivity contribution in [3.8, 4) is 11.5 Å². The van der Waals surface area contributed by atoms with E-state index in [1.165, 1.54) is 5.56 Å². The van der Waals surface area contributed by atoms with Gasteiger partial charge in [-0.3, -0.25) is 10.1 Å². The van der Waals surface area contributed by atoms with E-state index in [0.717, 1.165) is 43.3 Å². The van der Waals surface area contributed by atoms with Gasteiger partial charge in [0.2, 0.25) is 0 Å². The summed E-state index contributed by atoms with van der Waals surface area (Å²) >= 11 is 0. The Hall–Kier alpha value is -2.70. The second-order valence-electron chi connectivity index (χ2n) is 5.58. The molecule has 0 unspecified atom stereocenters. The predicted octanol–water partition coefficient (Wildman–Crippen LogP) is 2.75. The summed E-state index contributed by atoms with van der Waals surface area (Å²) in [6.45, 7) is 5.60. The SMILES string of the molecule is CCNC(=NCCCc1cn[nH]c1C)Nc1ccc(OC)c(OC)c1. The molecule has 0 radical (unpaired) electrons. The third-order valence-electron chi connectivity index (χ3n) is 3.80. The standard InChI is InChI=1S/C18H27N5O2/c1-5-19-18(20-10-6-7-14-12-21-23-13(14)2)22-15-8-9-16(24-3)17(11-15)25-4/h8-9,11-12H,5-7,10H2,1-4H3,(H,21,23)(H2,19,20,22).